The molecule has 7 nitrogen and oxygen atoms in total. The largest absolute Gasteiger partial charge is 0.369 e. The Morgan fingerprint density at radius 2 is 2.00 bits per heavy atom. The maximum atomic E-state index is 4.65. The maximum Gasteiger partial charge on any atom is 0.213 e. The zero-order valence-corrected chi connectivity index (χ0v) is 11.4. The monoisotopic (exact) mass is 312 g/mol. The smallest absolute Gasteiger partial charge is 0.213 e. The number of hydrogen-bond donors (Lipinski definition) is 2. The molecule has 2 aromatic heterocycles. The first kappa shape index (κ1) is 12.7. The van der Waals surface area contributed by atoms with Crippen LogP contribution in [0.1, 0.15) is 19.2 Å². The summed E-state index contributed by atoms with van der Waals surface area (Å²) in [7, 11) is 0. The Bertz CT molecular complexity index is 489. The number of aromatic nitrogens is 4. The molecule has 0 fully saturated rings. The van der Waals surface area contributed by atoms with Gasteiger partial charge in [0.2, 0.25) is 6.39 Å². The molecule has 0 aromatic carbocycles. The van der Waals surface area contributed by atoms with Crippen molar-refractivity contribution in [2.24, 2.45) is 0 Å². The molecule has 2 N–H and O–H groups in total. The Kier molecular flexibility index (Phi) is 4.46. The van der Waals surface area contributed by atoms with E-state index in [1.54, 1.807) is 0 Å². The number of nitrogens with one attached hydrogen (secondary N) is 2. The Morgan fingerprint density at radius 3 is 2.67 bits per heavy atom. The van der Waals surface area contributed by atoms with Gasteiger partial charge in [-0.3, -0.25) is 0 Å². The second kappa shape index (κ2) is 6.29. The molecule has 8 heteroatoms. The first-order valence-corrected chi connectivity index (χ1v) is 6.34. The van der Waals surface area contributed by atoms with Crippen molar-refractivity contribution >= 4 is 27.6 Å². The number of nitrogens with zero attached hydrogens (tertiary/aromatic N) is 4. The summed E-state index contributed by atoms with van der Waals surface area (Å²) in [6, 6.07) is 0. The van der Waals surface area contributed by atoms with E-state index >= 15 is 0 Å². The van der Waals surface area contributed by atoms with Gasteiger partial charge in [0.25, 0.3) is 0 Å². The van der Waals surface area contributed by atoms with E-state index in [0.29, 0.717) is 18.2 Å². The molecule has 96 valence electrons. The van der Waals surface area contributed by atoms with Crippen molar-refractivity contribution in [3.63, 3.8) is 0 Å². The lowest BCUT2D eigenvalue weighted by Crippen LogP contribution is -2.08. The van der Waals surface area contributed by atoms with Gasteiger partial charge in [0.1, 0.15) is 22.4 Å². The van der Waals surface area contributed by atoms with Gasteiger partial charge < -0.3 is 15.2 Å². The first-order chi connectivity index (χ1) is 8.81. The molecular formula is C10H13BrN6O. The average Bonchev–Trinajstić information content (AvgIpc) is 2.89. The third kappa shape index (κ3) is 3.16. The highest BCUT2D eigenvalue weighted by molar-refractivity contribution is 9.10. The van der Waals surface area contributed by atoms with Gasteiger partial charge >= 0.3 is 0 Å². The minimum atomic E-state index is 0.444. The lowest BCUT2D eigenvalue weighted by Gasteiger charge is -2.10. The molecule has 2 rings (SSSR count). The van der Waals surface area contributed by atoms with Gasteiger partial charge in [-0.2, -0.15) is 4.98 Å². The van der Waals surface area contributed by atoms with Crippen molar-refractivity contribution in [2.45, 2.75) is 19.9 Å². The number of halogens is 1. The molecular weight excluding hydrogens is 300 g/mol. The van der Waals surface area contributed by atoms with E-state index in [1.165, 1.54) is 12.7 Å². The van der Waals surface area contributed by atoms with E-state index in [-0.39, 0.29) is 0 Å². The Labute approximate surface area is 113 Å². The van der Waals surface area contributed by atoms with Crippen LogP contribution in [0.15, 0.2) is 21.7 Å². The van der Waals surface area contributed by atoms with Crippen molar-refractivity contribution in [3.8, 4) is 0 Å². The molecule has 0 saturated heterocycles. The highest BCUT2D eigenvalue weighted by Crippen LogP contribution is 2.26. The SMILES string of the molecule is CCCNc1ncnc(NCc2ncon2)c1Br. The highest BCUT2D eigenvalue weighted by Gasteiger charge is 2.08. The summed E-state index contributed by atoms with van der Waals surface area (Å²) in [5.41, 5.74) is 0. The Balaban J connectivity index is 2.03. The fourth-order valence-electron chi connectivity index (χ4n) is 1.29. The fraction of sp³-hybridized carbons (Fsp3) is 0.400. The van der Waals surface area contributed by atoms with E-state index in [1.807, 2.05) is 0 Å². The summed E-state index contributed by atoms with van der Waals surface area (Å²) in [4.78, 5) is 12.2. The van der Waals surface area contributed by atoms with Gasteiger partial charge in [0.15, 0.2) is 5.82 Å². The van der Waals surface area contributed by atoms with Crippen molar-refractivity contribution < 1.29 is 4.52 Å². The number of anilines is 2. The zero-order valence-electron chi connectivity index (χ0n) is 9.85. The fourth-order valence-corrected chi connectivity index (χ4v) is 1.78. The van der Waals surface area contributed by atoms with Crippen LogP contribution >= 0.6 is 15.9 Å². The molecule has 0 radical (unpaired) electrons. The Hall–Kier alpha value is -1.70. The van der Waals surface area contributed by atoms with E-state index in [9.17, 15) is 0 Å². The molecule has 2 heterocycles. The Morgan fingerprint density at radius 1 is 1.22 bits per heavy atom. The lowest BCUT2D eigenvalue weighted by molar-refractivity contribution is 0.411. The molecule has 0 unspecified atom stereocenters. The third-order valence-corrected chi connectivity index (χ3v) is 2.90. The zero-order chi connectivity index (χ0) is 12.8. The molecule has 0 saturated carbocycles. The van der Waals surface area contributed by atoms with Gasteiger partial charge in [-0.1, -0.05) is 12.1 Å². The van der Waals surface area contributed by atoms with Crippen LogP contribution in [-0.2, 0) is 6.54 Å². The van der Waals surface area contributed by atoms with Crippen LogP contribution in [0.4, 0.5) is 11.6 Å². The summed E-state index contributed by atoms with van der Waals surface area (Å²) in [6.45, 7) is 3.40. The minimum Gasteiger partial charge on any atom is -0.369 e. The minimum absolute atomic E-state index is 0.444. The molecule has 0 aliphatic rings. The van der Waals surface area contributed by atoms with Crippen LogP contribution in [0.2, 0.25) is 0 Å². The second-order valence-corrected chi connectivity index (χ2v) is 4.31. The summed E-state index contributed by atoms with van der Waals surface area (Å²) in [5.74, 6) is 2.03. The van der Waals surface area contributed by atoms with Crippen LogP contribution in [0.3, 0.4) is 0 Å². The normalized spacial score (nSPS) is 10.3. The van der Waals surface area contributed by atoms with E-state index in [0.717, 1.165) is 23.3 Å². The van der Waals surface area contributed by atoms with Crippen LogP contribution in [0.5, 0.6) is 0 Å². The molecule has 0 amide bonds. The molecule has 18 heavy (non-hydrogen) atoms. The molecule has 0 bridgehead atoms. The predicted octanol–water partition coefficient (Wildman–Crippen LogP) is 2.06. The van der Waals surface area contributed by atoms with Crippen molar-refractivity contribution in [1.82, 2.24) is 20.1 Å². The van der Waals surface area contributed by atoms with E-state index in [2.05, 4.69) is 58.1 Å². The molecule has 0 aliphatic carbocycles. The topological polar surface area (TPSA) is 88.8 Å². The van der Waals surface area contributed by atoms with Gasteiger partial charge in [0, 0.05) is 6.54 Å². The van der Waals surface area contributed by atoms with Gasteiger partial charge in [-0.05, 0) is 22.4 Å². The summed E-state index contributed by atoms with van der Waals surface area (Å²) >= 11 is 3.46. The molecule has 0 aliphatic heterocycles. The van der Waals surface area contributed by atoms with Crippen molar-refractivity contribution in [2.75, 3.05) is 17.2 Å². The standard InChI is InChI=1S/C10H13BrN6O/c1-2-3-12-9-8(11)10(15-5-14-9)13-4-7-16-6-18-17-7/h5-6H,2-4H2,1H3,(H2,12,13,14,15). The van der Waals surface area contributed by atoms with Gasteiger partial charge in [0.05, 0.1) is 6.54 Å². The number of hydrogen-bond acceptors (Lipinski definition) is 7. The van der Waals surface area contributed by atoms with Crippen LogP contribution < -0.4 is 10.6 Å². The van der Waals surface area contributed by atoms with E-state index < -0.39 is 0 Å². The summed E-state index contributed by atoms with van der Waals surface area (Å²) < 4.78 is 5.45. The van der Waals surface area contributed by atoms with Gasteiger partial charge in [-0.15, -0.1) is 0 Å². The van der Waals surface area contributed by atoms with Crippen molar-refractivity contribution in [1.29, 1.82) is 0 Å². The van der Waals surface area contributed by atoms with Crippen LogP contribution in [0.25, 0.3) is 0 Å². The van der Waals surface area contributed by atoms with Crippen LogP contribution in [0, 0.1) is 0 Å². The predicted molar refractivity (Wildman–Crippen MR) is 70.1 cm³/mol. The summed E-state index contributed by atoms with van der Waals surface area (Å²) in [6.07, 6.45) is 3.82. The highest BCUT2D eigenvalue weighted by atomic mass is 79.9. The molecule has 0 spiro atoms. The van der Waals surface area contributed by atoms with Crippen molar-refractivity contribution in [3.05, 3.63) is 23.0 Å². The van der Waals surface area contributed by atoms with E-state index in [4.69, 9.17) is 0 Å². The molecule has 2 aromatic rings. The lowest BCUT2D eigenvalue weighted by atomic mass is 10.4. The van der Waals surface area contributed by atoms with Gasteiger partial charge in [-0.25, -0.2) is 9.97 Å². The first-order valence-electron chi connectivity index (χ1n) is 5.54. The summed E-state index contributed by atoms with van der Waals surface area (Å²) in [5, 5.41) is 10.0. The maximum absolute atomic E-state index is 4.65. The van der Waals surface area contributed by atoms with Crippen LogP contribution in [-0.4, -0.2) is 26.7 Å². The second-order valence-electron chi connectivity index (χ2n) is 3.51. The number of rotatable bonds is 6. The molecule has 0 atom stereocenters. The quantitative estimate of drug-likeness (QED) is 0.843. The average molecular weight is 313 g/mol. The third-order valence-electron chi connectivity index (χ3n) is 2.15.